The van der Waals surface area contributed by atoms with Gasteiger partial charge in [-0.25, -0.2) is 4.98 Å². The minimum absolute atomic E-state index is 0.0430. The van der Waals surface area contributed by atoms with E-state index in [1.165, 1.54) is 6.07 Å². The molecule has 0 aliphatic rings. The van der Waals surface area contributed by atoms with Gasteiger partial charge in [0.25, 0.3) is 0 Å². The number of benzene rings is 1. The number of anilines is 1. The summed E-state index contributed by atoms with van der Waals surface area (Å²) in [5, 5.41) is 3.04. The molecule has 3 rings (SSSR count). The lowest BCUT2D eigenvalue weighted by Gasteiger charge is -2.11. The standard InChI is InChI=1S/C16H15ClF3N5.C2H6/c1-9(2)25-8-22-12-13(23-15(17)24-14(12)25)21-7-10-4-3-5-11(6-10)16(18,19)20;1-2/h3-6,8-9H,7H2,1-2H3,(H,21,23,24);1-2H3. The van der Waals surface area contributed by atoms with Gasteiger partial charge in [0.1, 0.15) is 0 Å². The first-order valence-electron chi connectivity index (χ1n) is 8.56. The van der Waals surface area contributed by atoms with Gasteiger partial charge in [-0.15, -0.1) is 0 Å². The van der Waals surface area contributed by atoms with Crippen LogP contribution in [0, 0.1) is 0 Å². The summed E-state index contributed by atoms with van der Waals surface area (Å²) in [5.74, 6) is 0.381. The van der Waals surface area contributed by atoms with Gasteiger partial charge in [-0.05, 0) is 43.1 Å². The van der Waals surface area contributed by atoms with Crippen LogP contribution in [-0.2, 0) is 12.7 Å². The van der Waals surface area contributed by atoms with E-state index in [9.17, 15) is 13.2 Å². The number of hydrogen-bond acceptors (Lipinski definition) is 4. The molecular formula is C18H21ClF3N5. The predicted molar refractivity (Wildman–Crippen MR) is 101 cm³/mol. The fourth-order valence-corrected chi connectivity index (χ4v) is 2.60. The Labute approximate surface area is 160 Å². The highest BCUT2D eigenvalue weighted by atomic mass is 35.5. The topological polar surface area (TPSA) is 55.6 Å². The molecule has 2 aromatic heterocycles. The van der Waals surface area contributed by atoms with Crippen LogP contribution in [0.1, 0.15) is 44.9 Å². The van der Waals surface area contributed by atoms with Crippen molar-refractivity contribution in [3.05, 3.63) is 47.0 Å². The van der Waals surface area contributed by atoms with E-state index in [1.807, 2.05) is 32.3 Å². The summed E-state index contributed by atoms with van der Waals surface area (Å²) >= 11 is 5.97. The molecule has 27 heavy (non-hydrogen) atoms. The highest BCUT2D eigenvalue weighted by Gasteiger charge is 2.30. The predicted octanol–water partition coefficient (Wildman–Crippen LogP) is 5.72. The number of alkyl halides is 3. The first-order valence-corrected chi connectivity index (χ1v) is 8.93. The summed E-state index contributed by atoms with van der Waals surface area (Å²) in [6, 6.07) is 5.24. The molecule has 0 fully saturated rings. The van der Waals surface area contributed by atoms with Gasteiger partial charge in [-0.1, -0.05) is 26.0 Å². The van der Waals surface area contributed by atoms with E-state index in [0.29, 0.717) is 22.5 Å². The Morgan fingerprint density at radius 3 is 2.52 bits per heavy atom. The molecule has 0 radical (unpaired) electrons. The molecule has 0 spiro atoms. The molecule has 0 aliphatic carbocycles. The fourth-order valence-electron chi connectivity index (χ4n) is 2.43. The Hall–Kier alpha value is -2.35. The van der Waals surface area contributed by atoms with E-state index in [1.54, 1.807) is 12.4 Å². The first kappa shape index (κ1) is 21.0. The molecule has 1 N–H and O–H groups in total. The number of nitrogens with zero attached hydrogens (tertiary/aromatic N) is 4. The van der Waals surface area contributed by atoms with Crippen molar-refractivity contribution >= 4 is 28.6 Å². The maximum absolute atomic E-state index is 12.8. The van der Waals surface area contributed by atoms with E-state index < -0.39 is 11.7 Å². The average molecular weight is 400 g/mol. The van der Waals surface area contributed by atoms with E-state index >= 15 is 0 Å². The summed E-state index contributed by atoms with van der Waals surface area (Å²) in [6.45, 7) is 8.11. The van der Waals surface area contributed by atoms with Gasteiger partial charge < -0.3 is 9.88 Å². The zero-order chi connectivity index (χ0) is 20.2. The maximum atomic E-state index is 12.8. The fraction of sp³-hybridized carbons (Fsp3) is 0.389. The molecule has 0 bridgehead atoms. The monoisotopic (exact) mass is 399 g/mol. The van der Waals surface area contributed by atoms with Gasteiger partial charge in [0.05, 0.1) is 11.9 Å². The zero-order valence-corrected chi connectivity index (χ0v) is 16.2. The smallest absolute Gasteiger partial charge is 0.364 e. The van der Waals surface area contributed by atoms with E-state index in [-0.39, 0.29) is 17.9 Å². The molecule has 1 aromatic carbocycles. The van der Waals surface area contributed by atoms with Crippen LogP contribution in [0.2, 0.25) is 5.28 Å². The van der Waals surface area contributed by atoms with Gasteiger partial charge >= 0.3 is 6.18 Å². The van der Waals surface area contributed by atoms with Crippen molar-refractivity contribution < 1.29 is 13.2 Å². The molecule has 146 valence electrons. The number of rotatable bonds is 4. The zero-order valence-electron chi connectivity index (χ0n) is 15.5. The van der Waals surface area contributed by atoms with Crippen molar-refractivity contribution in [2.24, 2.45) is 0 Å². The summed E-state index contributed by atoms with van der Waals surface area (Å²) in [7, 11) is 0. The second-order valence-corrected chi connectivity index (χ2v) is 6.15. The van der Waals surface area contributed by atoms with E-state index in [0.717, 1.165) is 12.1 Å². The highest BCUT2D eigenvalue weighted by molar-refractivity contribution is 6.28. The third kappa shape index (κ3) is 4.88. The summed E-state index contributed by atoms with van der Waals surface area (Å²) in [4.78, 5) is 12.6. The van der Waals surface area contributed by atoms with Gasteiger partial charge in [-0.2, -0.15) is 23.1 Å². The minimum atomic E-state index is -4.38. The number of nitrogens with one attached hydrogen (secondary N) is 1. The molecule has 9 heteroatoms. The molecule has 0 amide bonds. The molecule has 0 atom stereocenters. The van der Waals surface area contributed by atoms with Crippen molar-refractivity contribution in [3.63, 3.8) is 0 Å². The highest BCUT2D eigenvalue weighted by Crippen LogP contribution is 2.30. The number of hydrogen-bond donors (Lipinski definition) is 1. The Morgan fingerprint density at radius 2 is 1.89 bits per heavy atom. The van der Waals surface area contributed by atoms with Crippen LogP contribution in [0.15, 0.2) is 30.6 Å². The molecule has 0 saturated heterocycles. The summed E-state index contributed by atoms with van der Waals surface area (Å²) in [5.41, 5.74) is 0.870. The van der Waals surface area contributed by atoms with Crippen LogP contribution in [0.25, 0.3) is 11.2 Å². The van der Waals surface area contributed by atoms with Crippen molar-refractivity contribution in [2.75, 3.05) is 5.32 Å². The van der Waals surface area contributed by atoms with Gasteiger partial charge in [0, 0.05) is 12.6 Å². The SMILES string of the molecule is CC.CC(C)n1cnc2c(NCc3cccc(C(F)(F)F)c3)nc(Cl)nc21. The van der Waals surface area contributed by atoms with Crippen LogP contribution in [-0.4, -0.2) is 19.5 Å². The Morgan fingerprint density at radius 1 is 1.19 bits per heavy atom. The lowest BCUT2D eigenvalue weighted by molar-refractivity contribution is -0.137. The van der Waals surface area contributed by atoms with Crippen molar-refractivity contribution in [3.8, 4) is 0 Å². The van der Waals surface area contributed by atoms with Crippen molar-refractivity contribution in [1.29, 1.82) is 0 Å². The van der Waals surface area contributed by atoms with Gasteiger partial charge in [0.15, 0.2) is 17.0 Å². The second-order valence-electron chi connectivity index (χ2n) is 5.81. The van der Waals surface area contributed by atoms with E-state index in [2.05, 4.69) is 20.3 Å². The number of imidazole rings is 1. The van der Waals surface area contributed by atoms with Crippen LogP contribution in [0.3, 0.4) is 0 Å². The normalized spacial score (nSPS) is 11.4. The third-order valence-corrected chi connectivity index (χ3v) is 3.83. The average Bonchev–Trinajstić information content (AvgIpc) is 3.05. The van der Waals surface area contributed by atoms with Gasteiger partial charge in [-0.3, -0.25) is 0 Å². The van der Waals surface area contributed by atoms with Crippen LogP contribution >= 0.6 is 11.6 Å². The van der Waals surface area contributed by atoms with Gasteiger partial charge in [0.2, 0.25) is 5.28 Å². The second kappa shape index (κ2) is 8.56. The lowest BCUT2D eigenvalue weighted by Crippen LogP contribution is -2.08. The largest absolute Gasteiger partial charge is 0.416 e. The van der Waals surface area contributed by atoms with E-state index in [4.69, 9.17) is 11.6 Å². The summed E-state index contributed by atoms with van der Waals surface area (Å²) < 4.78 is 40.2. The van der Waals surface area contributed by atoms with Crippen molar-refractivity contribution in [1.82, 2.24) is 19.5 Å². The van der Waals surface area contributed by atoms with Crippen LogP contribution in [0.4, 0.5) is 19.0 Å². The molecular weight excluding hydrogens is 379 g/mol. The molecule has 3 aromatic rings. The molecule has 0 aliphatic heterocycles. The lowest BCUT2D eigenvalue weighted by atomic mass is 10.1. The molecule has 0 unspecified atom stereocenters. The maximum Gasteiger partial charge on any atom is 0.416 e. The van der Waals surface area contributed by atoms with Crippen molar-refractivity contribution in [2.45, 2.75) is 46.5 Å². The van der Waals surface area contributed by atoms with Crippen LogP contribution < -0.4 is 5.32 Å². The quantitative estimate of drug-likeness (QED) is 0.570. The first-order chi connectivity index (χ1) is 12.8. The third-order valence-electron chi connectivity index (χ3n) is 3.66. The molecule has 2 heterocycles. The minimum Gasteiger partial charge on any atom is -0.364 e. The Balaban J connectivity index is 0.00000126. The molecule has 5 nitrogen and oxygen atoms in total. The number of fused-ring (bicyclic) bond motifs is 1. The molecule has 0 saturated carbocycles. The summed E-state index contributed by atoms with van der Waals surface area (Å²) in [6.07, 6.45) is -2.74. The van der Waals surface area contributed by atoms with Crippen LogP contribution in [0.5, 0.6) is 0 Å². The Bertz CT molecular complexity index is 906. The number of aromatic nitrogens is 4. The Kier molecular flexibility index (Phi) is 6.64. The number of halogens is 4.